The van der Waals surface area contributed by atoms with Crippen LogP contribution in [0.5, 0.6) is 5.75 Å². The first-order valence-electron chi connectivity index (χ1n) is 10.1. The zero-order chi connectivity index (χ0) is 21.0. The number of ether oxygens (including phenoxy) is 1. The highest BCUT2D eigenvalue weighted by Gasteiger charge is 2.11. The van der Waals surface area contributed by atoms with Gasteiger partial charge < -0.3 is 4.74 Å². The number of rotatable bonds is 11. The third-order valence-corrected chi connectivity index (χ3v) is 5.75. The van der Waals surface area contributed by atoms with Gasteiger partial charge in [-0.25, -0.2) is 8.78 Å². The van der Waals surface area contributed by atoms with E-state index in [1.807, 2.05) is 84.9 Å². The van der Waals surface area contributed by atoms with Crippen LogP contribution in [0.1, 0.15) is 23.1 Å². The van der Waals surface area contributed by atoms with Gasteiger partial charge in [0.15, 0.2) is 0 Å². The largest absolute Gasteiger partial charge is 0.489 e. The van der Waals surface area contributed by atoms with Crippen molar-refractivity contribution in [3.63, 3.8) is 0 Å². The van der Waals surface area contributed by atoms with Crippen LogP contribution < -0.4 is 4.74 Å². The van der Waals surface area contributed by atoms with E-state index in [0.29, 0.717) is 18.8 Å². The van der Waals surface area contributed by atoms with Crippen LogP contribution in [0.25, 0.3) is 0 Å². The molecule has 0 aromatic heterocycles. The van der Waals surface area contributed by atoms with Crippen molar-refractivity contribution in [2.75, 3.05) is 5.75 Å². The second kappa shape index (κ2) is 12.2. The number of aryl methyl sites for hydroxylation is 2. The van der Waals surface area contributed by atoms with Gasteiger partial charge in [-0.15, -0.1) is 11.8 Å². The van der Waals surface area contributed by atoms with Crippen molar-refractivity contribution in [1.29, 1.82) is 0 Å². The first-order chi connectivity index (χ1) is 14.7. The average molecular weight is 425 g/mol. The molecule has 3 aromatic carbocycles. The lowest BCUT2D eigenvalue weighted by atomic mass is 10.1. The predicted octanol–water partition coefficient (Wildman–Crippen LogP) is 7.32. The van der Waals surface area contributed by atoms with Crippen LogP contribution in [-0.4, -0.2) is 12.2 Å². The fraction of sp³-hybridized carbons (Fsp3) is 0.231. The summed E-state index contributed by atoms with van der Waals surface area (Å²) in [5.41, 5.74) is 3.41. The summed E-state index contributed by atoms with van der Waals surface area (Å²) in [6, 6.07) is 27.8. The maximum Gasteiger partial charge on any atom is 0.269 e. The van der Waals surface area contributed by atoms with E-state index in [-0.39, 0.29) is 4.91 Å². The lowest BCUT2D eigenvalue weighted by Crippen LogP contribution is -1.97. The minimum atomic E-state index is -2.42. The van der Waals surface area contributed by atoms with E-state index < -0.39 is 6.43 Å². The Labute approximate surface area is 181 Å². The molecular weight excluding hydrogens is 398 g/mol. The van der Waals surface area contributed by atoms with E-state index in [1.54, 1.807) is 6.08 Å². The lowest BCUT2D eigenvalue weighted by Gasteiger charge is -2.08. The highest BCUT2D eigenvalue weighted by Crippen LogP contribution is 2.25. The van der Waals surface area contributed by atoms with Crippen molar-refractivity contribution in [2.45, 2.75) is 32.3 Å². The number of hydrogen-bond acceptors (Lipinski definition) is 2. The molecule has 0 aliphatic heterocycles. The van der Waals surface area contributed by atoms with Crippen molar-refractivity contribution in [3.05, 3.63) is 113 Å². The molecule has 0 aliphatic carbocycles. The van der Waals surface area contributed by atoms with Crippen LogP contribution >= 0.6 is 11.8 Å². The number of hydrogen-bond donors (Lipinski definition) is 0. The fourth-order valence-corrected chi connectivity index (χ4v) is 3.95. The molecule has 3 aromatic rings. The van der Waals surface area contributed by atoms with E-state index in [1.165, 1.54) is 17.3 Å². The summed E-state index contributed by atoms with van der Waals surface area (Å²) in [5, 5.41) is 0. The molecule has 0 fully saturated rings. The van der Waals surface area contributed by atoms with E-state index in [2.05, 4.69) is 0 Å². The van der Waals surface area contributed by atoms with Crippen molar-refractivity contribution in [3.8, 4) is 5.75 Å². The Kier molecular flexibility index (Phi) is 8.98. The molecule has 4 heteroatoms. The molecule has 3 rings (SSSR count). The zero-order valence-electron chi connectivity index (χ0n) is 16.8. The number of allylic oxidation sites excluding steroid dienone is 2. The van der Waals surface area contributed by atoms with E-state index in [0.717, 1.165) is 29.7 Å². The van der Waals surface area contributed by atoms with Gasteiger partial charge in [0, 0.05) is 10.7 Å². The topological polar surface area (TPSA) is 9.23 Å². The molecule has 0 bridgehead atoms. The molecular formula is C26H26F2OS. The third kappa shape index (κ3) is 7.68. The van der Waals surface area contributed by atoms with Crippen molar-refractivity contribution < 1.29 is 13.5 Å². The smallest absolute Gasteiger partial charge is 0.269 e. The standard InChI is InChI=1S/C26H26F2OS/c27-26(28)25(30-19-18-21-8-3-1-4-9-21)13-7-12-22-14-16-24(17-15-22)29-20-23-10-5-2-6-11-23/h1-6,8-11,13-17,26H,7,12,18-20H2/b25-13-. The van der Waals surface area contributed by atoms with E-state index >= 15 is 0 Å². The lowest BCUT2D eigenvalue weighted by molar-refractivity contribution is 0.199. The van der Waals surface area contributed by atoms with E-state index in [4.69, 9.17) is 4.74 Å². The molecule has 0 N–H and O–H groups in total. The number of thioether (sulfide) groups is 1. The molecule has 0 heterocycles. The molecule has 0 unspecified atom stereocenters. The molecule has 0 atom stereocenters. The molecule has 30 heavy (non-hydrogen) atoms. The van der Waals surface area contributed by atoms with Gasteiger partial charge in [0.2, 0.25) is 0 Å². The van der Waals surface area contributed by atoms with Gasteiger partial charge in [0.1, 0.15) is 12.4 Å². The van der Waals surface area contributed by atoms with Crippen molar-refractivity contribution >= 4 is 11.8 Å². The monoisotopic (exact) mass is 424 g/mol. The van der Waals surface area contributed by atoms with Gasteiger partial charge in [0.05, 0.1) is 0 Å². The number of alkyl halides is 2. The second-order valence-corrected chi connectivity index (χ2v) is 8.12. The molecule has 1 nitrogen and oxygen atoms in total. The summed E-state index contributed by atoms with van der Waals surface area (Å²) < 4.78 is 32.4. The first-order valence-corrected chi connectivity index (χ1v) is 11.1. The van der Waals surface area contributed by atoms with Gasteiger partial charge in [0.25, 0.3) is 6.43 Å². The summed E-state index contributed by atoms with van der Waals surface area (Å²) in [5.74, 6) is 1.47. The van der Waals surface area contributed by atoms with Gasteiger partial charge in [-0.2, -0.15) is 0 Å². The third-order valence-electron chi connectivity index (χ3n) is 4.67. The van der Waals surface area contributed by atoms with Gasteiger partial charge >= 0.3 is 0 Å². The Balaban J connectivity index is 1.43. The Morgan fingerprint density at radius 3 is 2.00 bits per heavy atom. The van der Waals surface area contributed by atoms with Gasteiger partial charge in [-0.05, 0) is 48.1 Å². The average Bonchev–Trinajstić information content (AvgIpc) is 2.79. The maximum absolute atomic E-state index is 13.3. The van der Waals surface area contributed by atoms with Crippen LogP contribution in [-0.2, 0) is 19.4 Å². The second-order valence-electron chi connectivity index (χ2n) is 6.95. The number of halogens is 2. The highest BCUT2D eigenvalue weighted by atomic mass is 32.2. The molecule has 156 valence electrons. The SMILES string of the molecule is FC(F)/C(=C/CCc1ccc(OCc2ccccc2)cc1)SCCc1ccccc1. The summed E-state index contributed by atoms with van der Waals surface area (Å²) >= 11 is 1.26. The zero-order valence-corrected chi connectivity index (χ0v) is 17.7. The molecule has 0 saturated carbocycles. The summed E-state index contributed by atoms with van der Waals surface area (Å²) in [6.07, 6.45) is 1.39. The molecule has 0 aliphatic rings. The number of benzene rings is 3. The van der Waals surface area contributed by atoms with Crippen LogP contribution in [0.4, 0.5) is 8.78 Å². The normalized spacial score (nSPS) is 11.6. The fourth-order valence-electron chi connectivity index (χ4n) is 3.02. The molecule has 0 saturated heterocycles. The van der Waals surface area contributed by atoms with Crippen LogP contribution in [0.3, 0.4) is 0 Å². The predicted molar refractivity (Wildman–Crippen MR) is 122 cm³/mol. The Morgan fingerprint density at radius 2 is 1.37 bits per heavy atom. The Bertz CT molecular complexity index is 893. The van der Waals surface area contributed by atoms with Crippen molar-refractivity contribution in [1.82, 2.24) is 0 Å². The highest BCUT2D eigenvalue weighted by molar-refractivity contribution is 8.03. The quantitative estimate of drug-likeness (QED) is 0.319. The molecule has 0 spiro atoms. The van der Waals surface area contributed by atoms with Crippen molar-refractivity contribution in [2.24, 2.45) is 0 Å². The Morgan fingerprint density at radius 1 is 0.767 bits per heavy atom. The van der Waals surface area contributed by atoms with E-state index in [9.17, 15) is 8.78 Å². The van der Waals surface area contributed by atoms with Crippen LogP contribution in [0, 0.1) is 0 Å². The van der Waals surface area contributed by atoms with Crippen LogP contribution in [0.2, 0.25) is 0 Å². The summed E-state index contributed by atoms with van der Waals surface area (Å²) in [7, 11) is 0. The summed E-state index contributed by atoms with van der Waals surface area (Å²) in [6.45, 7) is 0.529. The molecule has 0 amide bonds. The van der Waals surface area contributed by atoms with Gasteiger partial charge in [-0.1, -0.05) is 78.9 Å². The Hall–Kier alpha value is -2.59. The minimum Gasteiger partial charge on any atom is -0.489 e. The minimum absolute atomic E-state index is 0.175. The van der Waals surface area contributed by atoms with Crippen LogP contribution in [0.15, 0.2) is 95.9 Å². The maximum atomic E-state index is 13.3. The van der Waals surface area contributed by atoms with Gasteiger partial charge in [-0.3, -0.25) is 0 Å². The molecule has 0 radical (unpaired) electrons. The first kappa shape index (κ1) is 22.1. The summed E-state index contributed by atoms with van der Waals surface area (Å²) in [4.78, 5) is 0.175.